The third-order valence-electron chi connectivity index (χ3n) is 7.29. The number of phosphoric acid groups is 1. The number of esters is 1. The molecule has 4 aromatic rings. The molecule has 0 spiro atoms. The van der Waals surface area contributed by atoms with Gasteiger partial charge < -0.3 is 28.8 Å². The van der Waals surface area contributed by atoms with Crippen molar-refractivity contribution < 1.29 is 51.7 Å². The average Bonchev–Trinajstić information content (AvgIpc) is 3.45. The molecule has 11 nitrogen and oxygen atoms in total. The maximum absolute atomic E-state index is 14.2. The number of phosphoric ester groups is 1. The Balaban J connectivity index is 1.43. The Morgan fingerprint density at radius 2 is 1.17 bits per heavy atom. The molecule has 0 aromatic heterocycles. The standard InChI is InChI=1S/C36H37O11P/c1-40-30-19-11-9-17-28(30)24-42-34-33(46-36(38)35(34)43-25-29-18-10-12-20-31(29)41-2)32(21-37)47-48(39,44-22-26-13-5-3-6-14-26)45-23-27-15-7-4-8-16-27/h3-20,32-33,37H,21-25H2,1-2H3. The van der Waals surface area contributed by atoms with Crippen LogP contribution in [0.25, 0.3) is 0 Å². The molecule has 0 amide bonds. The van der Waals surface area contributed by atoms with Crippen molar-refractivity contribution in [2.75, 3.05) is 20.8 Å². The molecule has 1 heterocycles. The number of aliphatic hydroxyl groups is 1. The number of hydrogen-bond acceptors (Lipinski definition) is 11. The first kappa shape index (κ1) is 34.7. The normalized spacial score (nSPS) is 15.1. The molecule has 0 bridgehead atoms. The van der Waals surface area contributed by atoms with Crippen LogP contribution in [0.15, 0.2) is 121 Å². The Morgan fingerprint density at radius 1 is 0.688 bits per heavy atom. The molecule has 0 radical (unpaired) electrons. The smallest absolute Gasteiger partial charge is 0.475 e. The molecular weight excluding hydrogens is 639 g/mol. The zero-order chi connectivity index (χ0) is 33.8. The summed E-state index contributed by atoms with van der Waals surface area (Å²) in [6.45, 7) is -1.09. The summed E-state index contributed by atoms with van der Waals surface area (Å²) < 4.78 is 60.2. The lowest BCUT2D eigenvalue weighted by Crippen LogP contribution is -2.35. The van der Waals surface area contributed by atoms with Crippen molar-refractivity contribution in [1.29, 1.82) is 0 Å². The zero-order valence-electron chi connectivity index (χ0n) is 26.6. The maximum atomic E-state index is 14.2. The molecule has 48 heavy (non-hydrogen) atoms. The number of ether oxygens (including phenoxy) is 5. The van der Waals surface area contributed by atoms with Gasteiger partial charge in [-0.1, -0.05) is 97.1 Å². The van der Waals surface area contributed by atoms with Crippen LogP contribution in [0, 0.1) is 0 Å². The molecule has 5 rings (SSSR count). The van der Waals surface area contributed by atoms with Crippen molar-refractivity contribution in [2.24, 2.45) is 0 Å². The molecule has 2 atom stereocenters. The van der Waals surface area contributed by atoms with E-state index in [1.807, 2.05) is 60.7 Å². The highest BCUT2D eigenvalue weighted by atomic mass is 31.2. The summed E-state index contributed by atoms with van der Waals surface area (Å²) in [5.41, 5.74) is 2.76. The fourth-order valence-corrected chi connectivity index (χ4v) is 6.15. The largest absolute Gasteiger partial charge is 0.496 e. The number of cyclic esters (lactones) is 1. The van der Waals surface area contributed by atoms with E-state index in [1.54, 1.807) is 48.5 Å². The van der Waals surface area contributed by atoms with Crippen LogP contribution >= 0.6 is 7.82 Å². The van der Waals surface area contributed by atoms with Crippen LogP contribution in [0.4, 0.5) is 0 Å². The van der Waals surface area contributed by atoms with E-state index in [9.17, 15) is 14.5 Å². The van der Waals surface area contributed by atoms with Gasteiger partial charge in [-0.15, -0.1) is 0 Å². The van der Waals surface area contributed by atoms with E-state index < -0.39 is 32.6 Å². The number of carbonyl (C=O) groups is 1. The van der Waals surface area contributed by atoms with Crippen molar-refractivity contribution >= 4 is 13.8 Å². The molecule has 2 unspecified atom stereocenters. The van der Waals surface area contributed by atoms with Gasteiger partial charge in [0.15, 0.2) is 11.9 Å². The minimum absolute atomic E-state index is 0.0567. The summed E-state index contributed by atoms with van der Waals surface area (Å²) in [6.07, 6.45) is -2.81. The molecule has 12 heteroatoms. The van der Waals surface area contributed by atoms with Crippen LogP contribution in [0.3, 0.4) is 0 Å². The fraction of sp³-hybridized carbons (Fsp3) is 0.250. The zero-order valence-corrected chi connectivity index (χ0v) is 27.5. The van der Waals surface area contributed by atoms with Gasteiger partial charge in [-0.3, -0.25) is 13.6 Å². The Morgan fingerprint density at radius 3 is 1.67 bits per heavy atom. The summed E-state index contributed by atoms with van der Waals surface area (Å²) in [5.74, 6) is -0.0663. The highest BCUT2D eigenvalue weighted by Crippen LogP contribution is 2.53. The Labute approximate surface area is 279 Å². The van der Waals surface area contributed by atoms with Gasteiger partial charge in [0.05, 0.1) is 34.0 Å². The Hall–Kier alpha value is -4.64. The summed E-state index contributed by atoms with van der Waals surface area (Å²) in [7, 11) is -1.35. The lowest BCUT2D eigenvalue weighted by atomic mass is 10.1. The molecule has 0 fully saturated rings. The topological polar surface area (TPSA) is 128 Å². The minimum atomic E-state index is -4.41. The van der Waals surface area contributed by atoms with Crippen LogP contribution in [0.1, 0.15) is 22.3 Å². The number of hydrogen-bond donors (Lipinski definition) is 1. The second-order valence-corrected chi connectivity index (χ2v) is 12.1. The van der Waals surface area contributed by atoms with Crippen LogP contribution < -0.4 is 9.47 Å². The van der Waals surface area contributed by atoms with Gasteiger partial charge >= 0.3 is 13.8 Å². The predicted octanol–water partition coefficient (Wildman–Crippen LogP) is 6.49. The molecule has 0 saturated heterocycles. The van der Waals surface area contributed by atoms with E-state index in [0.717, 1.165) is 0 Å². The van der Waals surface area contributed by atoms with Crippen molar-refractivity contribution in [2.45, 2.75) is 38.6 Å². The highest BCUT2D eigenvalue weighted by molar-refractivity contribution is 7.48. The summed E-state index contributed by atoms with van der Waals surface area (Å²) >= 11 is 0. The fourth-order valence-electron chi connectivity index (χ4n) is 4.83. The highest BCUT2D eigenvalue weighted by Gasteiger charge is 2.46. The second kappa shape index (κ2) is 17.0. The molecular formula is C36H37O11P. The average molecular weight is 677 g/mol. The number of rotatable bonds is 18. The van der Waals surface area contributed by atoms with Crippen molar-refractivity contribution in [3.8, 4) is 11.5 Å². The molecule has 1 aliphatic rings. The van der Waals surface area contributed by atoms with Gasteiger partial charge in [0.1, 0.15) is 30.8 Å². The van der Waals surface area contributed by atoms with Gasteiger partial charge in [-0.05, 0) is 23.3 Å². The van der Waals surface area contributed by atoms with Gasteiger partial charge in [0.25, 0.3) is 0 Å². The summed E-state index contributed by atoms with van der Waals surface area (Å²) in [4.78, 5) is 13.3. The number of para-hydroxylation sites is 2. The number of methoxy groups -OCH3 is 2. The Kier molecular flexibility index (Phi) is 12.3. The first-order valence-electron chi connectivity index (χ1n) is 15.1. The van der Waals surface area contributed by atoms with Gasteiger partial charge in [-0.25, -0.2) is 9.36 Å². The van der Waals surface area contributed by atoms with E-state index in [1.165, 1.54) is 14.2 Å². The number of carbonyl (C=O) groups excluding carboxylic acids is 1. The third kappa shape index (κ3) is 9.03. The van der Waals surface area contributed by atoms with Crippen molar-refractivity contribution in [3.05, 3.63) is 143 Å². The van der Waals surface area contributed by atoms with E-state index in [-0.39, 0.29) is 37.9 Å². The van der Waals surface area contributed by atoms with Crippen molar-refractivity contribution in [1.82, 2.24) is 0 Å². The summed E-state index contributed by atoms with van der Waals surface area (Å²) in [5, 5.41) is 10.6. The Bertz CT molecular complexity index is 1660. The van der Waals surface area contributed by atoms with Gasteiger partial charge in [0.2, 0.25) is 5.76 Å². The second-order valence-electron chi connectivity index (χ2n) is 10.5. The lowest BCUT2D eigenvalue weighted by molar-refractivity contribution is -0.148. The molecule has 4 aromatic carbocycles. The predicted molar refractivity (Wildman–Crippen MR) is 174 cm³/mol. The van der Waals surface area contributed by atoms with Gasteiger partial charge in [0, 0.05) is 11.1 Å². The molecule has 0 saturated carbocycles. The van der Waals surface area contributed by atoms with Crippen LogP contribution in [-0.4, -0.2) is 44.1 Å². The quantitative estimate of drug-likeness (QED) is 0.0917. The summed E-state index contributed by atoms with van der Waals surface area (Å²) in [6, 6.07) is 32.5. The van der Waals surface area contributed by atoms with Crippen LogP contribution in [0.5, 0.6) is 11.5 Å². The maximum Gasteiger partial charge on any atom is 0.475 e. The van der Waals surface area contributed by atoms with Crippen LogP contribution in [0.2, 0.25) is 0 Å². The minimum Gasteiger partial charge on any atom is -0.496 e. The van der Waals surface area contributed by atoms with E-state index in [2.05, 4.69) is 0 Å². The van der Waals surface area contributed by atoms with E-state index >= 15 is 0 Å². The SMILES string of the molecule is COc1ccccc1COC1=C(OCc2ccccc2OC)C(C(CO)OP(=O)(OCc2ccccc2)OCc2ccccc2)OC1=O. The molecule has 1 N–H and O–H groups in total. The first-order valence-corrected chi connectivity index (χ1v) is 16.6. The first-order chi connectivity index (χ1) is 23.4. The number of benzene rings is 4. The van der Waals surface area contributed by atoms with E-state index in [0.29, 0.717) is 33.8 Å². The molecule has 252 valence electrons. The molecule has 1 aliphatic heterocycles. The lowest BCUT2D eigenvalue weighted by Gasteiger charge is -2.27. The van der Waals surface area contributed by atoms with Gasteiger partial charge in [-0.2, -0.15) is 0 Å². The molecule has 0 aliphatic carbocycles. The van der Waals surface area contributed by atoms with E-state index in [4.69, 9.17) is 37.3 Å². The van der Waals surface area contributed by atoms with Crippen LogP contribution in [-0.2, 0) is 63.6 Å². The third-order valence-corrected chi connectivity index (χ3v) is 8.71. The monoisotopic (exact) mass is 676 g/mol. The number of aliphatic hydroxyl groups excluding tert-OH is 1. The van der Waals surface area contributed by atoms with Crippen molar-refractivity contribution in [3.63, 3.8) is 0 Å².